The first-order chi connectivity index (χ1) is 8.91. The molecule has 0 N–H and O–H groups in total. The Morgan fingerprint density at radius 2 is 2.26 bits per heavy atom. The predicted octanol–water partition coefficient (Wildman–Crippen LogP) is 3.02. The summed E-state index contributed by atoms with van der Waals surface area (Å²) in [4.78, 5) is 13.3. The molecule has 5 heteroatoms. The standard InChI is InChI=1S/C14H18FNOP2/c1-2-13(17)16-7-6-11(9-16)10-4-3-5-12(8-10)14(15,18)19/h2-5,8,11H,1,6-7,9,18-19H2. The zero-order valence-corrected chi connectivity index (χ0v) is 13.0. The largest absolute Gasteiger partial charge is 0.339 e. The van der Waals surface area contributed by atoms with Crippen molar-refractivity contribution < 1.29 is 9.18 Å². The summed E-state index contributed by atoms with van der Waals surface area (Å²) in [5, 5.41) is -1.49. The van der Waals surface area contributed by atoms with E-state index in [1.54, 1.807) is 11.0 Å². The van der Waals surface area contributed by atoms with Gasteiger partial charge in [0, 0.05) is 19.0 Å². The average molecular weight is 297 g/mol. The smallest absolute Gasteiger partial charge is 0.245 e. The Balaban J connectivity index is 2.16. The molecule has 0 bridgehead atoms. The Morgan fingerprint density at radius 1 is 1.53 bits per heavy atom. The van der Waals surface area contributed by atoms with Crippen LogP contribution in [-0.4, -0.2) is 23.9 Å². The summed E-state index contributed by atoms with van der Waals surface area (Å²) in [5.74, 6) is 0.247. The van der Waals surface area contributed by atoms with Gasteiger partial charge in [0.05, 0.1) is 0 Å². The molecule has 19 heavy (non-hydrogen) atoms. The van der Waals surface area contributed by atoms with Crippen molar-refractivity contribution in [1.29, 1.82) is 0 Å². The number of benzene rings is 1. The van der Waals surface area contributed by atoms with E-state index < -0.39 is 5.15 Å². The minimum Gasteiger partial charge on any atom is -0.339 e. The molecule has 1 aliphatic heterocycles. The molecule has 3 atom stereocenters. The zero-order chi connectivity index (χ0) is 14.0. The van der Waals surface area contributed by atoms with Crippen molar-refractivity contribution in [2.75, 3.05) is 13.1 Å². The maximum atomic E-state index is 13.9. The van der Waals surface area contributed by atoms with Crippen molar-refractivity contribution in [3.8, 4) is 0 Å². The second-order valence-electron chi connectivity index (χ2n) is 4.87. The lowest BCUT2D eigenvalue weighted by atomic mass is 9.97. The quantitative estimate of drug-likeness (QED) is 0.620. The van der Waals surface area contributed by atoms with E-state index in [1.807, 2.05) is 18.2 Å². The van der Waals surface area contributed by atoms with Crippen LogP contribution in [0.15, 0.2) is 36.9 Å². The van der Waals surface area contributed by atoms with E-state index in [0.29, 0.717) is 12.1 Å². The Morgan fingerprint density at radius 3 is 2.89 bits per heavy atom. The minimum atomic E-state index is -1.49. The summed E-state index contributed by atoms with van der Waals surface area (Å²) in [5.41, 5.74) is 1.71. The van der Waals surface area contributed by atoms with E-state index >= 15 is 0 Å². The third-order valence-corrected chi connectivity index (χ3v) is 4.14. The number of likely N-dealkylation sites (tertiary alicyclic amines) is 1. The first-order valence-electron chi connectivity index (χ1n) is 6.20. The fourth-order valence-corrected chi connectivity index (χ4v) is 2.75. The molecule has 1 heterocycles. The van der Waals surface area contributed by atoms with Gasteiger partial charge in [-0.15, -0.1) is 0 Å². The third-order valence-electron chi connectivity index (χ3n) is 3.48. The molecule has 0 saturated carbocycles. The molecule has 2 rings (SSSR count). The van der Waals surface area contributed by atoms with E-state index in [-0.39, 0.29) is 11.8 Å². The molecule has 0 aliphatic carbocycles. The van der Waals surface area contributed by atoms with Gasteiger partial charge < -0.3 is 4.90 Å². The summed E-state index contributed by atoms with van der Waals surface area (Å²) in [6.45, 7) is 4.92. The second kappa shape index (κ2) is 5.69. The number of hydrogen-bond donors (Lipinski definition) is 0. The van der Waals surface area contributed by atoms with Crippen LogP contribution in [0.5, 0.6) is 0 Å². The van der Waals surface area contributed by atoms with Gasteiger partial charge in [-0.1, -0.05) is 49.3 Å². The van der Waals surface area contributed by atoms with Crippen molar-refractivity contribution in [1.82, 2.24) is 4.90 Å². The minimum absolute atomic E-state index is 0.0319. The first-order valence-corrected chi connectivity index (χ1v) is 7.35. The zero-order valence-electron chi connectivity index (χ0n) is 10.7. The number of hydrogen-bond acceptors (Lipinski definition) is 1. The first kappa shape index (κ1) is 14.6. The maximum absolute atomic E-state index is 13.9. The van der Waals surface area contributed by atoms with Crippen LogP contribution in [0.4, 0.5) is 4.39 Å². The Bertz CT molecular complexity index is 498. The number of carbonyl (C=O) groups excluding carboxylic acids is 1. The van der Waals surface area contributed by atoms with E-state index in [2.05, 4.69) is 25.1 Å². The molecule has 0 radical (unpaired) electrons. The fourth-order valence-electron chi connectivity index (χ4n) is 2.39. The molecule has 0 aromatic heterocycles. The number of alkyl halides is 1. The van der Waals surface area contributed by atoms with Crippen molar-refractivity contribution in [2.24, 2.45) is 0 Å². The van der Waals surface area contributed by atoms with E-state index in [9.17, 15) is 9.18 Å². The van der Waals surface area contributed by atoms with Gasteiger partial charge in [0.25, 0.3) is 0 Å². The highest BCUT2D eigenvalue weighted by Gasteiger charge is 2.27. The lowest BCUT2D eigenvalue weighted by molar-refractivity contribution is -0.125. The normalized spacial score (nSPS) is 19.5. The summed E-state index contributed by atoms with van der Waals surface area (Å²) in [7, 11) is 4.36. The Labute approximate surface area is 117 Å². The van der Waals surface area contributed by atoms with Gasteiger partial charge in [-0.25, -0.2) is 4.39 Å². The van der Waals surface area contributed by atoms with Crippen LogP contribution in [0, 0.1) is 0 Å². The number of amides is 1. The predicted molar refractivity (Wildman–Crippen MR) is 82.8 cm³/mol. The van der Waals surface area contributed by atoms with Crippen molar-refractivity contribution in [2.45, 2.75) is 17.5 Å². The molecule has 3 unspecified atom stereocenters. The van der Waals surface area contributed by atoms with Gasteiger partial charge >= 0.3 is 0 Å². The molecule has 102 valence electrons. The van der Waals surface area contributed by atoms with Gasteiger partial charge in [-0.2, -0.15) is 0 Å². The monoisotopic (exact) mass is 297 g/mol. The van der Waals surface area contributed by atoms with E-state index in [1.165, 1.54) is 6.08 Å². The van der Waals surface area contributed by atoms with Crippen LogP contribution in [-0.2, 0) is 9.95 Å². The van der Waals surface area contributed by atoms with Crippen LogP contribution in [0.3, 0.4) is 0 Å². The third kappa shape index (κ3) is 3.41. The van der Waals surface area contributed by atoms with Gasteiger partial charge in [0.2, 0.25) is 5.91 Å². The summed E-state index contributed by atoms with van der Waals surface area (Å²) >= 11 is 0. The summed E-state index contributed by atoms with van der Waals surface area (Å²) in [6.07, 6.45) is 2.26. The highest BCUT2D eigenvalue weighted by Crippen LogP contribution is 2.41. The molecular weight excluding hydrogens is 279 g/mol. The van der Waals surface area contributed by atoms with Gasteiger partial charge in [-0.3, -0.25) is 4.79 Å². The Kier molecular flexibility index (Phi) is 4.38. The molecular formula is C14H18FNOP2. The number of halogens is 1. The van der Waals surface area contributed by atoms with Gasteiger partial charge in [0.1, 0.15) is 0 Å². The summed E-state index contributed by atoms with van der Waals surface area (Å²) < 4.78 is 13.9. The van der Waals surface area contributed by atoms with Crippen LogP contribution >= 0.6 is 18.5 Å². The van der Waals surface area contributed by atoms with Gasteiger partial charge in [0.15, 0.2) is 5.15 Å². The summed E-state index contributed by atoms with van der Waals surface area (Å²) in [6, 6.07) is 7.51. The van der Waals surface area contributed by atoms with E-state index in [4.69, 9.17) is 0 Å². The SMILES string of the molecule is C=CC(=O)N1CCC(c2cccc(C(F)(P)P)c2)C1. The topological polar surface area (TPSA) is 20.3 Å². The second-order valence-corrected chi connectivity index (χ2v) is 7.21. The lowest BCUT2D eigenvalue weighted by Crippen LogP contribution is -2.26. The number of carbonyl (C=O) groups is 1. The van der Waals surface area contributed by atoms with Crippen LogP contribution < -0.4 is 0 Å². The fraction of sp³-hybridized carbons (Fsp3) is 0.357. The molecule has 1 aromatic rings. The van der Waals surface area contributed by atoms with E-state index in [0.717, 1.165) is 18.5 Å². The molecule has 1 amide bonds. The highest BCUT2D eigenvalue weighted by molar-refractivity contribution is 7.38. The van der Waals surface area contributed by atoms with Crippen LogP contribution in [0.25, 0.3) is 0 Å². The average Bonchev–Trinajstić information content (AvgIpc) is 2.86. The molecule has 1 aliphatic rings. The molecule has 1 aromatic carbocycles. The van der Waals surface area contributed by atoms with Crippen molar-refractivity contribution >= 4 is 24.4 Å². The molecule has 1 fully saturated rings. The van der Waals surface area contributed by atoms with Crippen molar-refractivity contribution in [3.05, 3.63) is 48.0 Å². The Hall–Kier alpha value is -0.780. The highest BCUT2D eigenvalue weighted by atomic mass is 31.1. The van der Waals surface area contributed by atoms with Crippen LogP contribution in [0.1, 0.15) is 23.5 Å². The van der Waals surface area contributed by atoms with Crippen LogP contribution in [0.2, 0.25) is 0 Å². The van der Waals surface area contributed by atoms with Crippen molar-refractivity contribution in [3.63, 3.8) is 0 Å². The maximum Gasteiger partial charge on any atom is 0.245 e. The molecule has 2 nitrogen and oxygen atoms in total. The molecule has 0 spiro atoms. The van der Waals surface area contributed by atoms with Gasteiger partial charge in [-0.05, 0) is 23.6 Å². The number of nitrogens with zero attached hydrogens (tertiary/aromatic N) is 1. The number of rotatable bonds is 3. The molecule has 1 saturated heterocycles. The lowest BCUT2D eigenvalue weighted by Gasteiger charge is -2.18.